The molecular weight excluding hydrogens is 266 g/mol. The Morgan fingerprint density at radius 2 is 2.10 bits per heavy atom. The molecule has 0 saturated carbocycles. The molecule has 0 spiro atoms. The van der Waals surface area contributed by atoms with Crippen LogP contribution >= 0.6 is 0 Å². The number of rotatable bonds is 2. The molecule has 1 atom stereocenters. The number of anilines is 1. The molecule has 5 heteroatoms. The minimum absolute atomic E-state index is 0.145. The number of nitriles is 1. The Labute approximate surface area is 122 Å². The largest absolute Gasteiger partial charge is 0.472 e. The molecule has 0 radical (unpaired) electrons. The first-order valence-corrected chi connectivity index (χ1v) is 6.52. The van der Waals surface area contributed by atoms with Crippen LogP contribution < -0.4 is 15.4 Å². The third-order valence-electron chi connectivity index (χ3n) is 3.60. The summed E-state index contributed by atoms with van der Waals surface area (Å²) >= 11 is 0. The SMILES string of the molecule is CN(C)c1ccc2c(c1)OC(N)=C(C#N)C2c1ccoc1. The van der Waals surface area contributed by atoms with E-state index in [0.717, 1.165) is 16.8 Å². The van der Waals surface area contributed by atoms with Gasteiger partial charge in [0.2, 0.25) is 5.88 Å². The molecule has 106 valence electrons. The lowest BCUT2D eigenvalue weighted by Crippen LogP contribution is -2.21. The molecule has 2 N–H and O–H groups in total. The van der Waals surface area contributed by atoms with Crippen LogP contribution in [-0.2, 0) is 0 Å². The van der Waals surface area contributed by atoms with Gasteiger partial charge in [-0.3, -0.25) is 0 Å². The fourth-order valence-electron chi connectivity index (χ4n) is 2.50. The van der Waals surface area contributed by atoms with Crippen LogP contribution in [-0.4, -0.2) is 14.1 Å². The first kappa shape index (κ1) is 13.1. The second kappa shape index (κ2) is 4.91. The average Bonchev–Trinajstić information content (AvgIpc) is 2.98. The molecule has 1 aliphatic heterocycles. The number of nitrogens with two attached hydrogens (primary N) is 1. The maximum Gasteiger partial charge on any atom is 0.205 e. The zero-order valence-electron chi connectivity index (χ0n) is 11.8. The lowest BCUT2D eigenvalue weighted by Gasteiger charge is -2.26. The van der Waals surface area contributed by atoms with E-state index in [9.17, 15) is 5.26 Å². The van der Waals surface area contributed by atoms with E-state index < -0.39 is 0 Å². The van der Waals surface area contributed by atoms with Crippen LogP contribution in [0, 0.1) is 11.3 Å². The zero-order chi connectivity index (χ0) is 15.0. The summed E-state index contributed by atoms with van der Waals surface area (Å²) in [6.45, 7) is 0. The lowest BCUT2D eigenvalue weighted by molar-refractivity contribution is 0.393. The Hall–Kier alpha value is -2.87. The summed E-state index contributed by atoms with van der Waals surface area (Å²) in [6.07, 6.45) is 3.22. The number of fused-ring (bicyclic) bond motifs is 1. The van der Waals surface area contributed by atoms with E-state index in [1.165, 1.54) is 0 Å². The predicted octanol–water partition coefficient (Wildman–Crippen LogP) is 2.56. The van der Waals surface area contributed by atoms with Crippen molar-refractivity contribution in [1.82, 2.24) is 0 Å². The van der Waals surface area contributed by atoms with E-state index in [1.807, 2.05) is 43.3 Å². The monoisotopic (exact) mass is 281 g/mol. The van der Waals surface area contributed by atoms with Gasteiger partial charge in [-0.25, -0.2) is 0 Å². The average molecular weight is 281 g/mol. The van der Waals surface area contributed by atoms with Crippen molar-refractivity contribution >= 4 is 5.69 Å². The molecule has 21 heavy (non-hydrogen) atoms. The van der Waals surface area contributed by atoms with E-state index in [0.29, 0.717) is 11.3 Å². The fourth-order valence-corrected chi connectivity index (χ4v) is 2.50. The van der Waals surface area contributed by atoms with E-state index >= 15 is 0 Å². The van der Waals surface area contributed by atoms with E-state index in [-0.39, 0.29) is 11.8 Å². The highest BCUT2D eigenvalue weighted by molar-refractivity contribution is 5.60. The zero-order valence-corrected chi connectivity index (χ0v) is 11.8. The van der Waals surface area contributed by atoms with Gasteiger partial charge in [0.25, 0.3) is 0 Å². The maximum atomic E-state index is 9.39. The van der Waals surface area contributed by atoms with Crippen LogP contribution in [0.5, 0.6) is 5.75 Å². The van der Waals surface area contributed by atoms with Crippen molar-refractivity contribution in [2.24, 2.45) is 5.73 Å². The summed E-state index contributed by atoms with van der Waals surface area (Å²) < 4.78 is 10.8. The molecule has 0 bridgehead atoms. The molecule has 0 amide bonds. The molecule has 2 aromatic rings. The Morgan fingerprint density at radius 3 is 2.71 bits per heavy atom. The normalized spacial score (nSPS) is 16.9. The molecule has 1 unspecified atom stereocenters. The highest BCUT2D eigenvalue weighted by Gasteiger charge is 2.31. The number of allylic oxidation sites excluding steroid dienone is 1. The van der Waals surface area contributed by atoms with Crippen molar-refractivity contribution in [3.05, 3.63) is 59.4 Å². The summed E-state index contributed by atoms with van der Waals surface area (Å²) in [5.74, 6) is 0.560. The second-order valence-electron chi connectivity index (χ2n) is 5.10. The molecule has 5 nitrogen and oxygen atoms in total. The van der Waals surface area contributed by atoms with Gasteiger partial charge in [0.1, 0.15) is 17.4 Å². The van der Waals surface area contributed by atoms with Gasteiger partial charge in [0.15, 0.2) is 0 Å². The van der Waals surface area contributed by atoms with Crippen LogP contribution in [0.2, 0.25) is 0 Å². The van der Waals surface area contributed by atoms with Gasteiger partial charge in [-0.15, -0.1) is 0 Å². The molecule has 2 heterocycles. The fraction of sp³-hybridized carbons (Fsp3) is 0.188. The molecule has 1 aliphatic rings. The van der Waals surface area contributed by atoms with E-state index in [4.69, 9.17) is 14.9 Å². The van der Waals surface area contributed by atoms with Crippen molar-refractivity contribution in [1.29, 1.82) is 5.26 Å². The summed E-state index contributed by atoms with van der Waals surface area (Å²) in [7, 11) is 3.91. The molecule has 3 rings (SSSR count). The summed E-state index contributed by atoms with van der Waals surface area (Å²) in [5, 5.41) is 9.39. The molecule has 0 saturated heterocycles. The Balaban J connectivity index is 2.17. The Kier molecular flexibility index (Phi) is 3.07. The highest BCUT2D eigenvalue weighted by Crippen LogP contribution is 2.43. The van der Waals surface area contributed by atoms with Crippen LogP contribution in [0.1, 0.15) is 17.0 Å². The van der Waals surface area contributed by atoms with Gasteiger partial charge in [-0.05, 0) is 12.1 Å². The van der Waals surface area contributed by atoms with Crippen molar-refractivity contribution in [3.63, 3.8) is 0 Å². The molecule has 0 fully saturated rings. The first-order valence-electron chi connectivity index (χ1n) is 6.52. The van der Waals surface area contributed by atoms with Gasteiger partial charge in [-0.1, -0.05) is 6.07 Å². The van der Waals surface area contributed by atoms with Gasteiger partial charge in [0.05, 0.1) is 18.4 Å². The van der Waals surface area contributed by atoms with Crippen molar-refractivity contribution in [2.75, 3.05) is 19.0 Å². The Morgan fingerprint density at radius 1 is 1.29 bits per heavy atom. The third-order valence-corrected chi connectivity index (χ3v) is 3.60. The summed E-state index contributed by atoms with van der Waals surface area (Å²) in [4.78, 5) is 1.98. The summed E-state index contributed by atoms with van der Waals surface area (Å²) in [5.41, 5.74) is 9.12. The van der Waals surface area contributed by atoms with E-state index in [2.05, 4.69) is 6.07 Å². The maximum absolute atomic E-state index is 9.39. The first-order chi connectivity index (χ1) is 10.1. The van der Waals surface area contributed by atoms with Crippen molar-refractivity contribution in [3.8, 4) is 11.8 Å². The van der Waals surface area contributed by atoms with Crippen LogP contribution in [0.4, 0.5) is 5.69 Å². The van der Waals surface area contributed by atoms with Crippen LogP contribution in [0.3, 0.4) is 0 Å². The topological polar surface area (TPSA) is 75.4 Å². The molecular formula is C16H15N3O2. The molecule has 0 aliphatic carbocycles. The summed E-state index contributed by atoms with van der Waals surface area (Å²) in [6, 6.07) is 9.86. The van der Waals surface area contributed by atoms with Gasteiger partial charge in [0, 0.05) is 37.0 Å². The van der Waals surface area contributed by atoms with Crippen molar-refractivity contribution in [2.45, 2.75) is 5.92 Å². The van der Waals surface area contributed by atoms with Gasteiger partial charge < -0.3 is 19.8 Å². The van der Waals surface area contributed by atoms with Gasteiger partial charge in [-0.2, -0.15) is 5.26 Å². The number of benzene rings is 1. The predicted molar refractivity (Wildman–Crippen MR) is 78.8 cm³/mol. The number of hydrogen-bond donors (Lipinski definition) is 1. The van der Waals surface area contributed by atoms with Gasteiger partial charge >= 0.3 is 0 Å². The minimum Gasteiger partial charge on any atom is -0.472 e. The third kappa shape index (κ3) is 2.11. The standard InChI is InChI=1S/C16H15N3O2/c1-19(2)11-3-4-12-14(7-11)21-16(18)13(8-17)15(12)10-5-6-20-9-10/h3-7,9,15H,18H2,1-2H3. The van der Waals surface area contributed by atoms with Crippen LogP contribution in [0.15, 0.2) is 52.7 Å². The molecule has 1 aromatic heterocycles. The van der Waals surface area contributed by atoms with E-state index in [1.54, 1.807) is 12.5 Å². The highest BCUT2D eigenvalue weighted by atomic mass is 16.5. The molecule has 1 aromatic carbocycles. The lowest BCUT2D eigenvalue weighted by atomic mass is 9.85. The number of furan rings is 1. The van der Waals surface area contributed by atoms with Crippen LogP contribution in [0.25, 0.3) is 0 Å². The number of ether oxygens (including phenoxy) is 1. The Bertz CT molecular complexity index is 739. The number of hydrogen-bond acceptors (Lipinski definition) is 5. The van der Waals surface area contributed by atoms with Crippen molar-refractivity contribution < 1.29 is 9.15 Å². The number of nitrogens with zero attached hydrogens (tertiary/aromatic N) is 2. The second-order valence-corrected chi connectivity index (χ2v) is 5.10. The minimum atomic E-state index is -0.256. The smallest absolute Gasteiger partial charge is 0.205 e. The quantitative estimate of drug-likeness (QED) is 0.915.